The minimum Gasteiger partial charge on any atom is -0.371 e. The molecule has 0 saturated heterocycles. The van der Waals surface area contributed by atoms with Crippen molar-refractivity contribution in [3.63, 3.8) is 0 Å². The first-order chi connectivity index (χ1) is 10.0. The number of ether oxygens (including phenoxy) is 1. The number of hydrogen-bond donors (Lipinski definition) is 1. The standard InChI is InChI=1S/C18H27NO2/c1-13(2)10-15-6-8-17(9-7-15)14(3)19-18(20)12-21-11-16-4-5-16/h6-9,13-14,16H,4-5,10-12H2,1-3H3,(H,19,20). The fourth-order valence-corrected chi connectivity index (χ4v) is 2.38. The van der Waals surface area contributed by atoms with E-state index in [0.717, 1.165) is 18.6 Å². The number of hydrogen-bond acceptors (Lipinski definition) is 2. The highest BCUT2D eigenvalue weighted by Gasteiger charge is 2.21. The van der Waals surface area contributed by atoms with Crippen LogP contribution in [0.1, 0.15) is 50.8 Å². The molecule has 1 N–H and O–H groups in total. The van der Waals surface area contributed by atoms with Gasteiger partial charge < -0.3 is 10.1 Å². The van der Waals surface area contributed by atoms with Crippen molar-refractivity contribution in [2.24, 2.45) is 11.8 Å². The van der Waals surface area contributed by atoms with Crippen LogP contribution in [0.3, 0.4) is 0 Å². The van der Waals surface area contributed by atoms with E-state index in [-0.39, 0.29) is 18.6 Å². The lowest BCUT2D eigenvalue weighted by Crippen LogP contribution is -2.30. The fraction of sp³-hybridized carbons (Fsp3) is 0.611. The van der Waals surface area contributed by atoms with Crippen molar-refractivity contribution < 1.29 is 9.53 Å². The van der Waals surface area contributed by atoms with Crippen molar-refractivity contribution in [2.45, 2.75) is 46.1 Å². The van der Waals surface area contributed by atoms with Gasteiger partial charge in [-0.25, -0.2) is 0 Å². The number of rotatable bonds is 8. The van der Waals surface area contributed by atoms with Crippen LogP contribution in [0, 0.1) is 11.8 Å². The van der Waals surface area contributed by atoms with Gasteiger partial charge in [0.15, 0.2) is 0 Å². The third kappa shape index (κ3) is 5.88. The van der Waals surface area contributed by atoms with Gasteiger partial charge in [-0.1, -0.05) is 38.1 Å². The second kappa shape index (κ2) is 7.60. The van der Waals surface area contributed by atoms with Gasteiger partial charge in [0.1, 0.15) is 6.61 Å². The largest absolute Gasteiger partial charge is 0.371 e. The maximum absolute atomic E-state index is 11.8. The molecule has 1 aromatic carbocycles. The van der Waals surface area contributed by atoms with Crippen LogP contribution in [0.4, 0.5) is 0 Å². The highest BCUT2D eigenvalue weighted by molar-refractivity contribution is 5.77. The third-order valence-electron chi connectivity index (χ3n) is 3.78. The Balaban J connectivity index is 1.75. The molecule has 0 radical (unpaired) electrons. The number of carbonyl (C=O) groups excluding carboxylic acids is 1. The Morgan fingerprint density at radius 3 is 2.48 bits per heavy atom. The normalized spacial score (nSPS) is 16.0. The van der Waals surface area contributed by atoms with Gasteiger partial charge in [0.2, 0.25) is 5.91 Å². The van der Waals surface area contributed by atoms with Gasteiger partial charge in [-0.15, -0.1) is 0 Å². The highest BCUT2D eigenvalue weighted by atomic mass is 16.5. The van der Waals surface area contributed by atoms with E-state index in [0.29, 0.717) is 11.8 Å². The molecule has 21 heavy (non-hydrogen) atoms. The predicted molar refractivity (Wildman–Crippen MR) is 85.1 cm³/mol. The summed E-state index contributed by atoms with van der Waals surface area (Å²) in [6.07, 6.45) is 3.59. The Morgan fingerprint density at radius 1 is 1.24 bits per heavy atom. The summed E-state index contributed by atoms with van der Waals surface area (Å²) in [7, 11) is 0. The van der Waals surface area contributed by atoms with Crippen molar-refractivity contribution in [2.75, 3.05) is 13.2 Å². The summed E-state index contributed by atoms with van der Waals surface area (Å²) < 4.78 is 5.41. The van der Waals surface area contributed by atoms with Gasteiger partial charge in [0.25, 0.3) is 0 Å². The van der Waals surface area contributed by atoms with Gasteiger partial charge in [-0.3, -0.25) is 4.79 Å². The molecule has 1 aromatic rings. The number of carbonyl (C=O) groups is 1. The van der Waals surface area contributed by atoms with Crippen LogP contribution < -0.4 is 5.32 Å². The van der Waals surface area contributed by atoms with Gasteiger partial charge in [-0.05, 0) is 49.1 Å². The summed E-state index contributed by atoms with van der Waals surface area (Å²) in [6, 6.07) is 8.54. The van der Waals surface area contributed by atoms with Crippen LogP contribution in [0.15, 0.2) is 24.3 Å². The molecule has 3 nitrogen and oxygen atoms in total. The van der Waals surface area contributed by atoms with Gasteiger partial charge >= 0.3 is 0 Å². The summed E-state index contributed by atoms with van der Waals surface area (Å²) in [5.74, 6) is 1.33. The van der Waals surface area contributed by atoms with E-state index in [4.69, 9.17) is 4.74 Å². The summed E-state index contributed by atoms with van der Waals surface area (Å²) in [4.78, 5) is 11.8. The van der Waals surface area contributed by atoms with Crippen LogP contribution in [-0.2, 0) is 16.0 Å². The van der Waals surface area contributed by atoms with Crippen LogP contribution in [0.2, 0.25) is 0 Å². The molecule has 1 aliphatic carbocycles. The number of amides is 1. The summed E-state index contributed by atoms with van der Waals surface area (Å²) in [5.41, 5.74) is 2.48. The zero-order chi connectivity index (χ0) is 15.2. The maximum atomic E-state index is 11.8. The third-order valence-corrected chi connectivity index (χ3v) is 3.78. The Hall–Kier alpha value is -1.35. The van der Waals surface area contributed by atoms with Gasteiger partial charge in [0.05, 0.1) is 12.6 Å². The lowest BCUT2D eigenvalue weighted by atomic mass is 10.00. The van der Waals surface area contributed by atoms with Crippen molar-refractivity contribution >= 4 is 5.91 Å². The lowest BCUT2D eigenvalue weighted by Gasteiger charge is -2.15. The first-order valence-electron chi connectivity index (χ1n) is 8.00. The molecule has 0 spiro atoms. The summed E-state index contributed by atoms with van der Waals surface area (Å²) in [6.45, 7) is 7.35. The topological polar surface area (TPSA) is 38.3 Å². The van der Waals surface area contributed by atoms with E-state index in [1.54, 1.807) is 0 Å². The van der Waals surface area contributed by atoms with Gasteiger partial charge in [0, 0.05) is 0 Å². The van der Waals surface area contributed by atoms with Gasteiger partial charge in [-0.2, -0.15) is 0 Å². The molecular weight excluding hydrogens is 262 g/mol. The Kier molecular flexibility index (Phi) is 5.80. The molecule has 0 bridgehead atoms. The van der Waals surface area contributed by atoms with E-state index in [9.17, 15) is 4.79 Å². The molecule has 0 heterocycles. The molecule has 0 aromatic heterocycles. The first-order valence-corrected chi connectivity index (χ1v) is 8.00. The van der Waals surface area contributed by atoms with E-state index >= 15 is 0 Å². The first kappa shape index (κ1) is 16.0. The molecule has 3 heteroatoms. The van der Waals surface area contributed by atoms with Crippen molar-refractivity contribution in [3.8, 4) is 0 Å². The van der Waals surface area contributed by atoms with E-state index in [1.165, 1.54) is 18.4 Å². The molecule has 1 fully saturated rings. The zero-order valence-corrected chi connectivity index (χ0v) is 13.4. The highest BCUT2D eigenvalue weighted by Crippen LogP contribution is 2.28. The van der Waals surface area contributed by atoms with Crippen LogP contribution in [-0.4, -0.2) is 19.1 Å². The molecule has 1 saturated carbocycles. The number of benzene rings is 1. The SMILES string of the molecule is CC(C)Cc1ccc(C(C)NC(=O)COCC2CC2)cc1. The summed E-state index contributed by atoms with van der Waals surface area (Å²) in [5, 5.41) is 2.99. The Bertz CT molecular complexity index is 449. The zero-order valence-electron chi connectivity index (χ0n) is 13.4. The van der Waals surface area contributed by atoms with E-state index in [1.807, 2.05) is 6.92 Å². The molecule has 0 aliphatic heterocycles. The average Bonchev–Trinajstić information content (AvgIpc) is 3.23. The smallest absolute Gasteiger partial charge is 0.246 e. The van der Waals surface area contributed by atoms with Crippen molar-refractivity contribution in [1.29, 1.82) is 0 Å². The lowest BCUT2D eigenvalue weighted by molar-refractivity contribution is -0.126. The minimum absolute atomic E-state index is 0.0233. The Morgan fingerprint density at radius 2 is 1.90 bits per heavy atom. The molecule has 1 amide bonds. The average molecular weight is 289 g/mol. The molecule has 116 valence electrons. The van der Waals surface area contributed by atoms with Crippen molar-refractivity contribution in [1.82, 2.24) is 5.32 Å². The molecule has 1 aliphatic rings. The van der Waals surface area contributed by atoms with Crippen LogP contribution in [0.5, 0.6) is 0 Å². The number of nitrogens with one attached hydrogen (secondary N) is 1. The monoisotopic (exact) mass is 289 g/mol. The molecule has 1 atom stereocenters. The molecule has 1 unspecified atom stereocenters. The van der Waals surface area contributed by atoms with Crippen LogP contribution >= 0.6 is 0 Å². The molecule has 2 rings (SSSR count). The Labute approximate surface area is 128 Å². The quantitative estimate of drug-likeness (QED) is 0.795. The summed E-state index contributed by atoms with van der Waals surface area (Å²) >= 11 is 0. The van der Waals surface area contributed by atoms with Crippen molar-refractivity contribution in [3.05, 3.63) is 35.4 Å². The second-order valence-corrected chi connectivity index (χ2v) is 6.59. The predicted octanol–water partition coefficient (Wildman–Crippen LogP) is 3.49. The van der Waals surface area contributed by atoms with E-state index < -0.39 is 0 Å². The molecular formula is C18H27NO2. The second-order valence-electron chi connectivity index (χ2n) is 6.59. The maximum Gasteiger partial charge on any atom is 0.246 e. The minimum atomic E-state index is -0.0330. The van der Waals surface area contributed by atoms with E-state index in [2.05, 4.69) is 43.4 Å². The van der Waals surface area contributed by atoms with Crippen LogP contribution in [0.25, 0.3) is 0 Å². The fourth-order valence-electron chi connectivity index (χ4n) is 2.38.